The highest BCUT2D eigenvalue weighted by atomic mass is 35.5. The molecule has 1 rings (SSSR count). The Labute approximate surface area is 96.4 Å². The molecule has 0 heterocycles. The van der Waals surface area contributed by atoms with Crippen LogP contribution in [0.3, 0.4) is 0 Å². The first-order valence-corrected chi connectivity index (χ1v) is 5.58. The van der Waals surface area contributed by atoms with Gasteiger partial charge in [0.05, 0.1) is 12.7 Å². The summed E-state index contributed by atoms with van der Waals surface area (Å²) in [4.78, 5) is 0. The zero-order chi connectivity index (χ0) is 11.3. The first-order valence-electron chi connectivity index (χ1n) is 5.20. The number of ether oxygens (including phenoxy) is 1. The van der Waals surface area contributed by atoms with Gasteiger partial charge in [-0.3, -0.25) is 0 Å². The molecular weight excluding hydrogens is 210 g/mol. The maximum atomic E-state index is 6.02. The quantitative estimate of drug-likeness (QED) is 0.840. The van der Waals surface area contributed by atoms with Crippen LogP contribution in [0.15, 0.2) is 24.3 Å². The molecular formula is C12H18ClNO. The van der Waals surface area contributed by atoms with Crippen LogP contribution < -0.4 is 5.73 Å². The summed E-state index contributed by atoms with van der Waals surface area (Å²) in [5, 5.41) is 0.747. The van der Waals surface area contributed by atoms with Crippen molar-refractivity contribution in [1.29, 1.82) is 0 Å². The second-order valence-corrected chi connectivity index (χ2v) is 4.33. The molecule has 1 aromatic rings. The van der Waals surface area contributed by atoms with E-state index in [0.717, 1.165) is 10.6 Å². The van der Waals surface area contributed by atoms with Crippen molar-refractivity contribution >= 4 is 11.6 Å². The molecule has 3 heteroatoms. The number of hydrogen-bond acceptors (Lipinski definition) is 2. The Morgan fingerprint density at radius 2 is 2.00 bits per heavy atom. The molecule has 0 aliphatic carbocycles. The Hall–Kier alpha value is -0.570. The number of halogens is 1. The molecule has 0 fully saturated rings. The van der Waals surface area contributed by atoms with E-state index in [1.165, 1.54) is 0 Å². The maximum Gasteiger partial charge on any atom is 0.0735 e. The monoisotopic (exact) mass is 227 g/mol. The third-order valence-corrected chi connectivity index (χ3v) is 2.76. The zero-order valence-corrected chi connectivity index (χ0v) is 10.00. The van der Waals surface area contributed by atoms with Gasteiger partial charge in [0, 0.05) is 11.6 Å². The van der Waals surface area contributed by atoms with Crippen molar-refractivity contribution < 1.29 is 4.74 Å². The normalized spacial score (nSPS) is 13.1. The highest BCUT2D eigenvalue weighted by Gasteiger charge is 2.12. The summed E-state index contributed by atoms with van der Waals surface area (Å²) in [5.74, 6) is 0.428. The van der Waals surface area contributed by atoms with E-state index in [2.05, 4.69) is 13.8 Å². The number of hydrogen-bond donors (Lipinski definition) is 1. The molecule has 1 unspecified atom stereocenters. The van der Waals surface area contributed by atoms with Crippen molar-refractivity contribution in [3.05, 3.63) is 34.9 Å². The molecule has 0 saturated heterocycles. The van der Waals surface area contributed by atoms with Crippen LogP contribution in [0.4, 0.5) is 0 Å². The van der Waals surface area contributed by atoms with Gasteiger partial charge in [0.2, 0.25) is 0 Å². The van der Waals surface area contributed by atoms with Crippen LogP contribution in [0.2, 0.25) is 5.02 Å². The number of rotatable bonds is 5. The molecule has 0 radical (unpaired) electrons. The highest BCUT2D eigenvalue weighted by molar-refractivity contribution is 6.31. The Kier molecular flexibility index (Phi) is 5.09. The smallest absolute Gasteiger partial charge is 0.0735 e. The SMILES string of the molecule is CC(C)C(CN)OCc1ccccc1Cl. The van der Waals surface area contributed by atoms with Crippen molar-refractivity contribution in [3.8, 4) is 0 Å². The lowest BCUT2D eigenvalue weighted by atomic mass is 10.1. The largest absolute Gasteiger partial charge is 0.372 e. The molecule has 0 bridgehead atoms. The van der Waals surface area contributed by atoms with Gasteiger partial charge in [-0.1, -0.05) is 43.6 Å². The van der Waals surface area contributed by atoms with Gasteiger partial charge in [-0.2, -0.15) is 0 Å². The lowest BCUT2D eigenvalue weighted by molar-refractivity contribution is 0.0169. The Bertz CT molecular complexity index is 301. The minimum absolute atomic E-state index is 0.0984. The summed E-state index contributed by atoms with van der Waals surface area (Å²) < 4.78 is 5.71. The molecule has 0 saturated carbocycles. The minimum atomic E-state index is 0.0984. The van der Waals surface area contributed by atoms with Gasteiger partial charge in [-0.05, 0) is 17.5 Å². The third kappa shape index (κ3) is 3.82. The molecule has 0 spiro atoms. The van der Waals surface area contributed by atoms with Gasteiger partial charge in [-0.15, -0.1) is 0 Å². The predicted molar refractivity (Wildman–Crippen MR) is 63.9 cm³/mol. The van der Waals surface area contributed by atoms with Crippen molar-refractivity contribution in [1.82, 2.24) is 0 Å². The fourth-order valence-corrected chi connectivity index (χ4v) is 1.54. The predicted octanol–water partition coefficient (Wildman–Crippen LogP) is 2.84. The number of nitrogens with two attached hydrogens (primary N) is 1. The van der Waals surface area contributed by atoms with Gasteiger partial charge < -0.3 is 10.5 Å². The summed E-state index contributed by atoms with van der Waals surface area (Å²) >= 11 is 6.02. The van der Waals surface area contributed by atoms with E-state index in [0.29, 0.717) is 19.1 Å². The van der Waals surface area contributed by atoms with Crippen LogP contribution in [0.1, 0.15) is 19.4 Å². The van der Waals surface area contributed by atoms with Crippen LogP contribution >= 0.6 is 11.6 Å². The molecule has 0 amide bonds. The van der Waals surface area contributed by atoms with Crippen LogP contribution in [0.25, 0.3) is 0 Å². The van der Waals surface area contributed by atoms with E-state index in [1.54, 1.807) is 0 Å². The zero-order valence-electron chi connectivity index (χ0n) is 9.24. The molecule has 1 aromatic carbocycles. The van der Waals surface area contributed by atoms with Crippen LogP contribution in [0, 0.1) is 5.92 Å². The molecule has 2 N–H and O–H groups in total. The summed E-state index contributed by atoms with van der Waals surface area (Å²) in [6, 6.07) is 7.70. The van der Waals surface area contributed by atoms with E-state index < -0.39 is 0 Å². The summed E-state index contributed by atoms with van der Waals surface area (Å²) in [6.45, 7) is 5.27. The first-order chi connectivity index (χ1) is 7.15. The van der Waals surface area contributed by atoms with E-state index in [4.69, 9.17) is 22.1 Å². The molecule has 0 aliphatic heterocycles. The summed E-state index contributed by atoms with van der Waals surface area (Å²) in [6.07, 6.45) is 0.0984. The lowest BCUT2D eigenvalue weighted by Gasteiger charge is -2.19. The van der Waals surface area contributed by atoms with Gasteiger partial charge in [0.15, 0.2) is 0 Å². The summed E-state index contributed by atoms with van der Waals surface area (Å²) in [5.41, 5.74) is 6.63. The summed E-state index contributed by atoms with van der Waals surface area (Å²) in [7, 11) is 0. The maximum absolute atomic E-state index is 6.02. The van der Waals surface area contributed by atoms with Crippen LogP contribution in [-0.4, -0.2) is 12.6 Å². The van der Waals surface area contributed by atoms with Crippen molar-refractivity contribution in [2.24, 2.45) is 11.7 Å². The van der Waals surface area contributed by atoms with Crippen LogP contribution in [-0.2, 0) is 11.3 Å². The standard InChI is InChI=1S/C12H18ClNO/c1-9(2)12(7-14)15-8-10-5-3-4-6-11(10)13/h3-6,9,12H,7-8,14H2,1-2H3. The van der Waals surface area contributed by atoms with E-state index in [1.807, 2.05) is 24.3 Å². The molecule has 0 aliphatic rings. The van der Waals surface area contributed by atoms with E-state index in [-0.39, 0.29) is 6.10 Å². The lowest BCUT2D eigenvalue weighted by Crippen LogP contribution is -2.28. The third-order valence-electron chi connectivity index (χ3n) is 2.39. The Morgan fingerprint density at radius 1 is 1.33 bits per heavy atom. The fourth-order valence-electron chi connectivity index (χ4n) is 1.34. The van der Waals surface area contributed by atoms with Crippen molar-refractivity contribution in [2.75, 3.05) is 6.54 Å². The van der Waals surface area contributed by atoms with Gasteiger partial charge in [-0.25, -0.2) is 0 Å². The van der Waals surface area contributed by atoms with Gasteiger partial charge >= 0.3 is 0 Å². The van der Waals surface area contributed by atoms with E-state index >= 15 is 0 Å². The average Bonchev–Trinajstić information content (AvgIpc) is 2.21. The van der Waals surface area contributed by atoms with Crippen molar-refractivity contribution in [2.45, 2.75) is 26.6 Å². The fraction of sp³-hybridized carbons (Fsp3) is 0.500. The highest BCUT2D eigenvalue weighted by Crippen LogP contribution is 2.17. The Balaban J connectivity index is 2.53. The Morgan fingerprint density at radius 3 is 2.53 bits per heavy atom. The van der Waals surface area contributed by atoms with E-state index in [9.17, 15) is 0 Å². The molecule has 2 nitrogen and oxygen atoms in total. The molecule has 0 aromatic heterocycles. The second kappa shape index (κ2) is 6.11. The first kappa shape index (κ1) is 12.5. The minimum Gasteiger partial charge on any atom is -0.372 e. The second-order valence-electron chi connectivity index (χ2n) is 3.92. The number of benzene rings is 1. The van der Waals surface area contributed by atoms with Gasteiger partial charge in [0.1, 0.15) is 0 Å². The topological polar surface area (TPSA) is 35.2 Å². The average molecular weight is 228 g/mol. The van der Waals surface area contributed by atoms with Gasteiger partial charge in [0.25, 0.3) is 0 Å². The van der Waals surface area contributed by atoms with Crippen LogP contribution in [0.5, 0.6) is 0 Å². The molecule has 1 atom stereocenters. The molecule has 15 heavy (non-hydrogen) atoms. The van der Waals surface area contributed by atoms with Crippen molar-refractivity contribution in [3.63, 3.8) is 0 Å². The molecule has 84 valence electrons.